The highest BCUT2D eigenvalue weighted by atomic mass is 32.1. The van der Waals surface area contributed by atoms with Gasteiger partial charge in [0.1, 0.15) is 0 Å². The SMILES string of the molecule is CCC[C@@H](NCc1nnc2ccccn12)c1ccsc1. The van der Waals surface area contributed by atoms with Crippen LogP contribution in [0.5, 0.6) is 0 Å². The molecule has 3 aromatic rings. The molecule has 5 heteroatoms. The van der Waals surface area contributed by atoms with Crippen LogP contribution in [0, 0.1) is 0 Å². The quantitative estimate of drug-likeness (QED) is 0.755. The lowest BCUT2D eigenvalue weighted by Crippen LogP contribution is -2.21. The van der Waals surface area contributed by atoms with Gasteiger partial charge in [-0.2, -0.15) is 11.3 Å². The Bertz CT molecular complexity index is 659. The van der Waals surface area contributed by atoms with Crippen LogP contribution in [-0.4, -0.2) is 14.6 Å². The van der Waals surface area contributed by atoms with Crippen molar-refractivity contribution in [2.45, 2.75) is 32.4 Å². The van der Waals surface area contributed by atoms with Gasteiger partial charge in [0.2, 0.25) is 0 Å². The molecule has 3 aromatic heterocycles. The molecule has 4 nitrogen and oxygen atoms in total. The third-order valence-electron chi connectivity index (χ3n) is 3.41. The molecule has 0 aromatic carbocycles. The van der Waals surface area contributed by atoms with Gasteiger partial charge in [0, 0.05) is 12.2 Å². The summed E-state index contributed by atoms with van der Waals surface area (Å²) < 4.78 is 2.03. The summed E-state index contributed by atoms with van der Waals surface area (Å²) in [4.78, 5) is 0. The highest BCUT2D eigenvalue weighted by Crippen LogP contribution is 2.21. The fourth-order valence-electron chi connectivity index (χ4n) is 2.37. The van der Waals surface area contributed by atoms with Crippen LogP contribution in [0.4, 0.5) is 0 Å². The van der Waals surface area contributed by atoms with Crippen molar-refractivity contribution in [2.75, 3.05) is 0 Å². The summed E-state index contributed by atoms with van der Waals surface area (Å²) in [5.74, 6) is 0.955. The minimum atomic E-state index is 0.391. The van der Waals surface area contributed by atoms with Gasteiger partial charge in [-0.25, -0.2) is 0 Å². The van der Waals surface area contributed by atoms with Gasteiger partial charge in [0.25, 0.3) is 0 Å². The number of hydrogen-bond donors (Lipinski definition) is 1. The molecule has 1 N–H and O–H groups in total. The van der Waals surface area contributed by atoms with E-state index in [2.05, 4.69) is 39.3 Å². The molecule has 0 amide bonds. The zero-order valence-corrected chi connectivity index (χ0v) is 12.3. The average Bonchev–Trinajstić information content (AvgIpc) is 3.13. The highest BCUT2D eigenvalue weighted by Gasteiger charge is 2.12. The fraction of sp³-hybridized carbons (Fsp3) is 0.333. The molecule has 3 rings (SSSR count). The van der Waals surface area contributed by atoms with E-state index in [1.807, 2.05) is 28.8 Å². The third kappa shape index (κ3) is 2.73. The first-order valence-corrected chi connectivity index (χ1v) is 7.87. The van der Waals surface area contributed by atoms with Crippen molar-refractivity contribution in [1.82, 2.24) is 19.9 Å². The summed E-state index contributed by atoms with van der Waals surface area (Å²) in [5.41, 5.74) is 2.26. The second kappa shape index (κ2) is 6.15. The number of hydrogen-bond acceptors (Lipinski definition) is 4. The van der Waals surface area contributed by atoms with Crippen LogP contribution in [0.25, 0.3) is 5.65 Å². The first-order chi connectivity index (χ1) is 9.88. The Hall–Kier alpha value is -1.72. The number of nitrogens with one attached hydrogen (secondary N) is 1. The number of rotatable bonds is 6. The molecule has 1 atom stereocenters. The monoisotopic (exact) mass is 286 g/mol. The van der Waals surface area contributed by atoms with Gasteiger partial charge in [-0.15, -0.1) is 10.2 Å². The van der Waals surface area contributed by atoms with E-state index in [1.165, 1.54) is 5.56 Å². The summed E-state index contributed by atoms with van der Waals surface area (Å²) >= 11 is 1.75. The van der Waals surface area contributed by atoms with E-state index in [4.69, 9.17) is 0 Å². The maximum Gasteiger partial charge on any atom is 0.160 e. The lowest BCUT2D eigenvalue weighted by Gasteiger charge is -2.16. The summed E-state index contributed by atoms with van der Waals surface area (Å²) in [6, 6.07) is 8.54. The average molecular weight is 286 g/mol. The molecule has 0 aliphatic heterocycles. The maximum absolute atomic E-state index is 4.26. The van der Waals surface area contributed by atoms with Gasteiger partial charge in [0.05, 0.1) is 6.54 Å². The van der Waals surface area contributed by atoms with Crippen LogP contribution in [-0.2, 0) is 6.54 Å². The van der Waals surface area contributed by atoms with E-state index in [0.29, 0.717) is 6.04 Å². The predicted molar refractivity (Wildman–Crippen MR) is 81.8 cm³/mol. The maximum atomic E-state index is 4.26. The summed E-state index contributed by atoms with van der Waals surface area (Å²) in [7, 11) is 0. The first-order valence-electron chi connectivity index (χ1n) is 6.92. The molecule has 0 radical (unpaired) electrons. The topological polar surface area (TPSA) is 42.2 Å². The molecule has 0 fully saturated rings. The molecule has 0 aliphatic carbocycles. The zero-order chi connectivity index (χ0) is 13.8. The number of nitrogens with zero attached hydrogens (tertiary/aromatic N) is 3. The number of fused-ring (bicyclic) bond motifs is 1. The molecule has 0 spiro atoms. The zero-order valence-electron chi connectivity index (χ0n) is 11.5. The minimum absolute atomic E-state index is 0.391. The molecule has 20 heavy (non-hydrogen) atoms. The number of pyridine rings is 1. The Morgan fingerprint density at radius 2 is 2.25 bits per heavy atom. The summed E-state index contributed by atoms with van der Waals surface area (Å²) in [6.07, 6.45) is 4.30. The molecule has 0 saturated carbocycles. The largest absolute Gasteiger partial charge is 0.303 e. The molecule has 0 unspecified atom stereocenters. The standard InChI is InChI=1S/C15H18N4S/c1-2-5-13(12-7-9-20-11-12)16-10-15-18-17-14-6-3-4-8-19(14)15/h3-4,6-9,11,13,16H,2,5,10H2,1H3/t13-/m1/s1. The molecule has 104 valence electrons. The van der Waals surface area contributed by atoms with Crippen molar-refractivity contribution < 1.29 is 0 Å². The number of thiophene rings is 1. The van der Waals surface area contributed by atoms with Crippen LogP contribution in [0.2, 0.25) is 0 Å². The van der Waals surface area contributed by atoms with Crippen LogP contribution >= 0.6 is 11.3 Å². The Morgan fingerprint density at radius 3 is 3.05 bits per heavy atom. The van der Waals surface area contributed by atoms with Gasteiger partial charge in [-0.05, 0) is 40.9 Å². The van der Waals surface area contributed by atoms with Crippen LogP contribution < -0.4 is 5.32 Å². The van der Waals surface area contributed by atoms with Crippen molar-refractivity contribution in [3.8, 4) is 0 Å². The van der Waals surface area contributed by atoms with Crippen molar-refractivity contribution in [3.05, 3.63) is 52.6 Å². The van der Waals surface area contributed by atoms with Crippen molar-refractivity contribution in [1.29, 1.82) is 0 Å². The van der Waals surface area contributed by atoms with E-state index < -0.39 is 0 Å². The normalized spacial score (nSPS) is 12.8. The smallest absolute Gasteiger partial charge is 0.160 e. The van der Waals surface area contributed by atoms with Crippen LogP contribution in [0.1, 0.15) is 37.2 Å². The second-order valence-corrected chi connectivity index (χ2v) is 5.60. The van der Waals surface area contributed by atoms with E-state index in [1.54, 1.807) is 11.3 Å². The molecular formula is C15H18N4S. The van der Waals surface area contributed by atoms with Crippen LogP contribution in [0.15, 0.2) is 41.2 Å². The Kier molecular flexibility index (Phi) is 4.08. The van der Waals surface area contributed by atoms with Crippen molar-refractivity contribution >= 4 is 17.0 Å². The van der Waals surface area contributed by atoms with Gasteiger partial charge >= 0.3 is 0 Å². The summed E-state index contributed by atoms with van der Waals surface area (Å²) in [5, 5.41) is 16.4. The first kappa shape index (κ1) is 13.3. The third-order valence-corrected chi connectivity index (χ3v) is 4.12. The minimum Gasteiger partial charge on any atom is -0.303 e. The number of aromatic nitrogens is 3. The Labute approximate surface area is 122 Å². The van der Waals surface area contributed by atoms with E-state index in [0.717, 1.165) is 30.9 Å². The Morgan fingerprint density at radius 1 is 1.30 bits per heavy atom. The molecular weight excluding hydrogens is 268 g/mol. The van der Waals surface area contributed by atoms with E-state index >= 15 is 0 Å². The van der Waals surface area contributed by atoms with Gasteiger partial charge in [0.15, 0.2) is 11.5 Å². The van der Waals surface area contributed by atoms with Crippen molar-refractivity contribution in [3.63, 3.8) is 0 Å². The summed E-state index contributed by atoms with van der Waals surface area (Å²) in [6.45, 7) is 2.94. The molecule has 0 aliphatic rings. The van der Waals surface area contributed by atoms with Gasteiger partial charge < -0.3 is 5.32 Å². The molecule has 0 saturated heterocycles. The highest BCUT2D eigenvalue weighted by molar-refractivity contribution is 7.07. The van der Waals surface area contributed by atoms with Gasteiger partial charge in [-0.3, -0.25) is 4.40 Å². The lowest BCUT2D eigenvalue weighted by atomic mass is 10.1. The van der Waals surface area contributed by atoms with E-state index in [9.17, 15) is 0 Å². The second-order valence-electron chi connectivity index (χ2n) is 4.82. The molecule has 3 heterocycles. The van der Waals surface area contributed by atoms with Crippen molar-refractivity contribution in [2.24, 2.45) is 0 Å². The molecule has 0 bridgehead atoms. The predicted octanol–water partition coefficient (Wildman–Crippen LogP) is 3.42. The lowest BCUT2D eigenvalue weighted by molar-refractivity contribution is 0.485. The van der Waals surface area contributed by atoms with Gasteiger partial charge in [-0.1, -0.05) is 19.4 Å². The fourth-order valence-corrected chi connectivity index (χ4v) is 3.09. The van der Waals surface area contributed by atoms with Crippen LogP contribution in [0.3, 0.4) is 0 Å². The Balaban J connectivity index is 1.74. The van der Waals surface area contributed by atoms with E-state index in [-0.39, 0.29) is 0 Å².